The van der Waals surface area contributed by atoms with E-state index in [1.807, 2.05) is 24.4 Å². The first-order chi connectivity index (χ1) is 10.2. The SMILES string of the molecule is CCCNc1ccc(COc2ccccc2C(C)C)cn1. The lowest BCUT2D eigenvalue weighted by Crippen LogP contribution is -2.03. The van der Waals surface area contributed by atoms with E-state index in [-0.39, 0.29) is 0 Å². The van der Waals surface area contributed by atoms with Crippen molar-refractivity contribution in [2.75, 3.05) is 11.9 Å². The fourth-order valence-corrected chi connectivity index (χ4v) is 2.12. The molecule has 0 fully saturated rings. The Labute approximate surface area is 127 Å². The van der Waals surface area contributed by atoms with Crippen LogP contribution in [0.3, 0.4) is 0 Å². The number of benzene rings is 1. The number of aromatic nitrogens is 1. The van der Waals surface area contributed by atoms with Gasteiger partial charge in [-0.15, -0.1) is 0 Å². The summed E-state index contributed by atoms with van der Waals surface area (Å²) in [5.74, 6) is 2.34. The smallest absolute Gasteiger partial charge is 0.125 e. The summed E-state index contributed by atoms with van der Waals surface area (Å²) in [5, 5.41) is 3.27. The van der Waals surface area contributed by atoms with E-state index in [9.17, 15) is 0 Å². The number of nitrogens with zero attached hydrogens (tertiary/aromatic N) is 1. The van der Waals surface area contributed by atoms with E-state index in [0.717, 1.165) is 30.1 Å². The van der Waals surface area contributed by atoms with Gasteiger partial charge in [-0.25, -0.2) is 4.98 Å². The second-order valence-corrected chi connectivity index (χ2v) is 5.46. The van der Waals surface area contributed by atoms with Crippen LogP contribution in [-0.2, 0) is 6.61 Å². The second-order valence-electron chi connectivity index (χ2n) is 5.46. The normalized spacial score (nSPS) is 10.7. The van der Waals surface area contributed by atoms with Crippen molar-refractivity contribution in [3.05, 3.63) is 53.7 Å². The molecule has 0 aliphatic heterocycles. The van der Waals surface area contributed by atoms with Gasteiger partial charge < -0.3 is 10.1 Å². The first-order valence-corrected chi connectivity index (χ1v) is 7.61. The van der Waals surface area contributed by atoms with E-state index in [1.165, 1.54) is 5.56 Å². The van der Waals surface area contributed by atoms with Gasteiger partial charge in [0.1, 0.15) is 18.2 Å². The molecule has 0 saturated carbocycles. The Balaban J connectivity index is 1.97. The largest absolute Gasteiger partial charge is 0.489 e. The molecule has 2 aromatic rings. The zero-order valence-corrected chi connectivity index (χ0v) is 13.1. The van der Waals surface area contributed by atoms with Crippen LogP contribution in [0.4, 0.5) is 5.82 Å². The summed E-state index contributed by atoms with van der Waals surface area (Å²) in [6.45, 7) is 7.99. The highest BCUT2D eigenvalue weighted by atomic mass is 16.5. The Morgan fingerprint density at radius 1 is 1.14 bits per heavy atom. The number of para-hydroxylation sites is 1. The Morgan fingerprint density at radius 3 is 2.62 bits per heavy atom. The summed E-state index contributed by atoms with van der Waals surface area (Å²) in [5.41, 5.74) is 2.32. The molecule has 1 aromatic carbocycles. The van der Waals surface area contributed by atoms with Crippen LogP contribution in [0.1, 0.15) is 44.2 Å². The molecule has 0 bridgehead atoms. The highest BCUT2D eigenvalue weighted by Crippen LogP contribution is 2.26. The molecule has 3 nitrogen and oxygen atoms in total. The second kappa shape index (κ2) is 7.67. The van der Waals surface area contributed by atoms with Crippen molar-refractivity contribution in [3.8, 4) is 5.75 Å². The summed E-state index contributed by atoms with van der Waals surface area (Å²) in [4.78, 5) is 4.39. The number of hydrogen-bond acceptors (Lipinski definition) is 3. The van der Waals surface area contributed by atoms with Gasteiger partial charge >= 0.3 is 0 Å². The van der Waals surface area contributed by atoms with E-state index < -0.39 is 0 Å². The molecule has 0 amide bonds. The van der Waals surface area contributed by atoms with Crippen molar-refractivity contribution in [1.29, 1.82) is 0 Å². The topological polar surface area (TPSA) is 34.1 Å². The summed E-state index contributed by atoms with van der Waals surface area (Å²) in [6, 6.07) is 12.3. The molecule has 21 heavy (non-hydrogen) atoms. The summed E-state index contributed by atoms with van der Waals surface area (Å²) in [6.07, 6.45) is 2.97. The van der Waals surface area contributed by atoms with E-state index >= 15 is 0 Å². The van der Waals surface area contributed by atoms with Gasteiger partial charge in [0, 0.05) is 18.3 Å². The zero-order valence-electron chi connectivity index (χ0n) is 13.1. The van der Waals surface area contributed by atoms with Gasteiger partial charge in [-0.3, -0.25) is 0 Å². The fourth-order valence-electron chi connectivity index (χ4n) is 2.12. The van der Waals surface area contributed by atoms with Crippen LogP contribution in [0.25, 0.3) is 0 Å². The van der Waals surface area contributed by atoms with Crippen LogP contribution >= 0.6 is 0 Å². The van der Waals surface area contributed by atoms with E-state index in [2.05, 4.69) is 49.3 Å². The van der Waals surface area contributed by atoms with Crippen molar-refractivity contribution < 1.29 is 4.74 Å². The molecule has 0 aliphatic rings. The van der Waals surface area contributed by atoms with Crippen molar-refractivity contribution in [3.63, 3.8) is 0 Å². The minimum absolute atomic E-state index is 0.458. The maximum absolute atomic E-state index is 5.95. The average molecular weight is 284 g/mol. The maximum Gasteiger partial charge on any atom is 0.125 e. The molecule has 3 heteroatoms. The molecule has 1 aromatic heterocycles. The van der Waals surface area contributed by atoms with Gasteiger partial charge in [0.2, 0.25) is 0 Å². The lowest BCUT2D eigenvalue weighted by molar-refractivity contribution is 0.301. The van der Waals surface area contributed by atoms with Gasteiger partial charge in [0.05, 0.1) is 0 Å². The molecule has 0 atom stereocenters. The first kappa shape index (κ1) is 15.4. The third kappa shape index (κ3) is 4.48. The van der Waals surface area contributed by atoms with Crippen LogP contribution in [0.5, 0.6) is 5.75 Å². The quantitative estimate of drug-likeness (QED) is 0.806. The van der Waals surface area contributed by atoms with Crippen LogP contribution in [0, 0.1) is 0 Å². The van der Waals surface area contributed by atoms with Crippen LogP contribution in [0.2, 0.25) is 0 Å². The number of anilines is 1. The maximum atomic E-state index is 5.95. The van der Waals surface area contributed by atoms with Gasteiger partial charge in [-0.05, 0) is 30.0 Å². The molecule has 112 valence electrons. The van der Waals surface area contributed by atoms with Gasteiger partial charge in [0.15, 0.2) is 0 Å². The standard InChI is InChI=1S/C18H24N2O/c1-4-11-19-18-10-9-15(12-20-18)13-21-17-8-6-5-7-16(17)14(2)3/h5-10,12,14H,4,11,13H2,1-3H3,(H,19,20). The van der Waals surface area contributed by atoms with Gasteiger partial charge in [-0.2, -0.15) is 0 Å². The predicted octanol–water partition coefficient (Wildman–Crippen LogP) is 4.61. The molecule has 0 aliphatic carbocycles. The first-order valence-electron chi connectivity index (χ1n) is 7.61. The highest BCUT2D eigenvalue weighted by Gasteiger charge is 2.07. The van der Waals surface area contributed by atoms with Gasteiger partial charge in [0.25, 0.3) is 0 Å². The van der Waals surface area contributed by atoms with E-state index in [0.29, 0.717) is 12.5 Å². The lowest BCUT2D eigenvalue weighted by Gasteiger charge is -2.14. The Hall–Kier alpha value is -2.03. The van der Waals surface area contributed by atoms with E-state index in [4.69, 9.17) is 4.74 Å². The number of pyridine rings is 1. The summed E-state index contributed by atoms with van der Waals surface area (Å²) >= 11 is 0. The van der Waals surface area contributed by atoms with Crippen LogP contribution in [0.15, 0.2) is 42.6 Å². The molecule has 0 unspecified atom stereocenters. The minimum Gasteiger partial charge on any atom is -0.489 e. The highest BCUT2D eigenvalue weighted by molar-refractivity contribution is 5.37. The van der Waals surface area contributed by atoms with Crippen molar-refractivity contribution in [2.24, 2.45) is 0 Å². The molecule has 1 N–H and O–H groups in total. The molecular weight excluding hydrogens is 260 g/mol. The zero-order chi connectivity index (χ0) is 15.1. The number of rotatable bonds is 7. The molecule has 0 saturated heterocycles. The number of nitrogens with one attached hydrogen (secondary N) is 1. The predicted molar refractivity (Wildman–Crippen MR) is 87.9 cm³/mol. The molecule has 0 spiro atoms. The van der Waals surface area contributed by atoms with Crippen molar-refractivity contribution in [1.82, 2.24) is 4.98 Å². The van der Waals surface area contributed by atoms with Crippen molar-refractivity contribution in [2.45, 2.75) is 39.7 Å². The lowest BCUT2D eigenvalue weighted by atomic mass is 10.0. The third-order valence-corrected chi connectivity index (χ3v) is 3.32. The molecule has 1 heterocycles. The van der Waals surface area contributed by atoms with Crippen LogP contribution < -0.4 is 10.1 Å². The average Bonchev–Trinajstić information content (AvgIpc) is 2.52. The number of ether oxygens (including phenoxy) is 1. The Kier molecular flexibility index (Phi) is 5.61. The van der Waals surface area contributed by atoms with Crippen molar-refractivity contribution >= 4 is 5.82 Å². The molecular formula is C18H24N2O. The summed E-state index contributed by atoms with van der Waals surface area (Å²) in [7, 11) is 0. The van der Waals surface area contributed by atoms with Gasteiger partial charge in [-0.1, -0.05) is 45.0 Å². The Morgan fingerprint density at radius 2 is 1.95 bits per heavy atom. The van der Waals surface area contributed by atoms with E-state index in [1.54, 1.807) is 0 Å². The Bertz CT molecular complexity index is 549. The third-order valence-electron chi connectivity index (χ3n) is 3.32. The monoisotopic (exact) mass is 284 g/mol. The minimum atomic E-state index is 0.458. The molecule has 0 radical (unpaired) electrons. The fraction of sp³-hybridized carbons (Fsp3) is 0.389. The summed E-state index contributed by atoms with van der Waals surface area (Å²) < 4.78 is 5.95. The molecule has 2 rings (SSSR count). The number of hydrogen-bond donors (Lipinski definition) is 1. The van der Waals surface area contributed by atoms with Crippen LogP contribution in [-0.4, -0.2) is 11.5 Å².